The Morgan fingerprint density at radius 3 is 2.39 bits per heavy atom. The predicted molar refractivity (Wildman–Crippen MR) is 73.7 cm³/mol. The average molecular weight is 278 g/mol. The molecule has 1 saturated carbocycles. The van der Waals surface area contributed by atoms with E-state index in [9.17, 15) is 5.26 Å². The van der Waals surface area contributed by atoms with Crippen LogP contribution < -0.4 is 0 Å². The van der Waals surface area contributed by atoms with Gasteiger partial charge in [0, 0.05) is 5.92 Å². The fourth-order valence-electron chi connectivity index (χ4n) is 3.34. The first-order valence-electron chi connectivity index (χ1n) is 6.23. The van der Waals surface area contributed by atoms with Gasteiger partial charge in [0.1, 0.15) is 0 Å². The molecule has 4 unspecified atom stereocenters. The number of fused-ring (bicyclic) bond motifs is 2. The Hall–Kier alpha value is -0.970. The summed E-state index contributed by atoms with van der Waals surface area (Å²) in [7, 11) is 0. The van der Waals surface area contributed by atoms with E-state index in [2.05, 4.69) is 18.2 Å². The highest BCUT2D eigenvalue weighted by Crippen LogP contribution is 2.50. The zero-order valence-corrected chi connectivity index (χ0v) is 11.3. The fraction of sp³-hybridized carbons (Fsp3) is 0.400. The van der Waals surface area contributed by atoms with Crippen LogP contribution in [0.4, 0.5) is 0 Å². The fourth-order valence-corrected chi connectivity index (χ4v) is 3.65. The first-order chi connectivity index (χ1) is 8.70. The Morgan fingerprint density at radius 2 is 1.78 bits per heavy atom. The van der Waals surface area contributed by atoms with Crippen molar-refractivity contribution in [3.8, 4) is 6.07 Å². The predicted octanol–water partition coefficient (Wildman–Crippen LogP) is 4.81. The molecule has 0 aliphatic heterocycles. The molecular formula is C15H13Cl2N. The Labute approximate surface area is 117 Å². The molecule has 3 aliphatic carbocycles. The normalized spacial score (nSPS) is 33.4. The van der Waals surface area contributed by atoms with Gasteiger partial charge in [-0.05, 0) is 42.4 Å². The second kappa shape index (κ2) is 4.61. The van der Waals surface area contributed by atoms with Gasteiger partial charge in [0.05, 0.1) is 22.0 Å². The second-order valence-electron chi connectivity index (χ2n) is 5.14. The van der Waals surface area contributed by atoms with Crippen LogP contribution >= 0.6 is 23.2 Å². The first kappa shape index (κ1) is 12.1. The van der Waals surface area contributed by atoms with Crippen molar-refractivity contribution in [3.05, 3.63) is 46.0 Å². The monoisotopic (exact) mass is 277 g/mol. The lowest BCUT2D eigenvalue weighted by molar-refractivity contribution is 0.225. The molecule has 1 aromatic carbocycles. The Kier molecular flexibility index (Phi) is 3.09. The summed E-state index contributed by atoms with van der Waals surface area (Å²) in [6.07, 6.45) is 6.80. The molecular weight excluding hydrogens is 265 g/mol. The average Bonchev–Trinajstić information content (AvgIpc) is 2.42. The van der Waals surface area contributed by atoms with Crippen LogP contribution in [0.25, 0.3) is 0 Å². The van der Waals surface area contributed by atoms with E-state index in [0.29, 0.717) is 21.9 Å². The van der Waals surface area contributed by atoms with Gasteiger partial charge >= 0.3 is 0 Å². The molecule has 0 N–H and O–H groups in total. The molecule has 92 valence electrons. The molecule has 18 heavy (non-hydrogen) atoms. The van der Waals surface area contributed by atoms with Gasteiger partial charge in [-0.15, -0.1) is 0 Å². The standard InChI is InChI=1S/C15H13Cl2N/c16-13-6-5-11(7-14(13)17)15-10-3-1-9(2-4-10)12(15)8-18/h1,3,5-7,9-10,12,15H,2,4H2. The van der Waals surface area contributed by atoms with E-state index >= 15 is 0 Å². The molecule has 0 radical (unpaired) electrons. The molecule has 1 aromatic rings. The van der Waals surface area contributed by atoms with E-state index in [1.807, 2.05) is 18.2 Å². The number of hydrogen-bond acceptors (Lipinski definition) is 1. The summed E-state index contributed by atoms with van der Waals surface area (Å²) >= 11 is 12.1. The number of nitriles is 1. The largest absolute Gasteiger partial charge is 0.198 e. The molecule has 0 saturated heterocycles. The van der Waals surface area contributed by atoms with Gasteiger partial charge in [0.15, 0.2) is 0 Å². The number of halogens is 2. The molecule has 4 rings (SSSR count). The molecule has 4 atom stereocenters. The molecule has 0 heterocycles. The maximum Gasteiger partial charge on any atom is 0.0668 e. The topological polar surface area (TPSA) is 23.8 Å². The van der Waals surface area contributed by atoms with E-state index in [4.69, 9.17) is 23.2 Å². The molecule has 1 fully saturated rings. The molecule has 3 heteroatoms. The summed E-state index contributed by atoms with van der Waals surface area (Å²) in [5.74, 6) is 1.22. The van der Waals surface area contributed by atoms with E-state index in [1.54, 1.807) is 0 Å². The zero-order valence-electron chi connectivity index (χ0n) is 9.81. The third kappa shape index (κ3) is 1.85. The van der Waals surface area contributed by atoms with Crippen LogP contribution in [0.15, 0.2) is 30.4 Å². The summed E-state index contributed by atoms with van der Waals surface area (Å²) in [6.45, 7) is 0. The lowest BCUT2D eigenvalue weighted by Gasteiger charge is -2.42. The van der Waals surface area contributed by atoms with Crippen LogP contribution in [0.3, 0.4) is 0 Å². The third-order valence-electron chi connectivity index (χ3n) is 4.23. The van der Waals surface area contributed by atoms with Crippen LogP contribution in [0, 0.1) is 29.1 Å². The molecule has 3 aliphatic rings. The highest BCUT2D eigenvalue weighted by atomic mass is 35.5. The van der Waals surface area contributed by atoms with Gasteiger partial charge in [-0.2, -0.15) is 5.26 Å². The summed E-state index contributed by atoms with van der Waals surface area (Å²) < 4.78 is 0. The smallest absolute Gasteiger partial charge is 0.0668 e. The van der Waals surface area contributed by atoms with E-state index < -0.39 is 0 Å². The number of rotatable bonds is 1. The summed E-state index contributed by atoms with van der Waals surface area (Å²) in [5, 5.41) is 10.6. The van der Waals surface area contributed by atoms with Gasteiger partial charge in [0.25, 0.3) is 0 Å². The van der Waals surface area contributed by atoms with Crippen LogP contribution in [-0.4, -0.2) is 0 Å². The van der Waals surface area contributed by atoms with Gasteiger partial charge in [0.2, 0.25) is 0 Å². The minimum absolute atomic E-state index is 0.0750. The minimum Gasteiger partial charge on any atom is -0.198 e. The summed E-state index contributed by atoms with van der Waals surface area (Å²) in [6, 6.07) is 8.26. The quantitative estimate of drug-likeness (QED) is 0.676. The SMILES string of the molecule is N#CC1C2C=CC(CC2)C1c1ccc(Cl)c(Cl)c1. The molecule has 1 nitrogen and oxygen atoms in total. The van der Waals surface area contributed by atoms with Crippen LogP contribution in [0.1, 0.15) is 24.3 Å². The number of benzene rings is 1. The van der Waals surface area contributed by atoms with Crippen molar-refractivity contribution < 1.29 is 0 Å². The highest BCUT2D eigenvalue weighted by molar-refractivity contribution is 6.42. The van der Waals surface area contributed by atoms with Gasteiger partial charge < -0.3 is 0 Å². The third-order valence-corrected chi connectivity index (χ3v) is 4.96. The van der Waals surface area contributed by atoms with Crippen molar-refractivity contribution in [2.24, 2.45) is 17.8 Å². The molecule has 0 aromatic heterocycles. The van der Waals surface area contributed by atoms with Crippen molar-refractivity contribution in [3.63, 3.8) is 0 Å². The lowest BCUT2D eigenvalue weighted by Crippen LogP contribution is -2.34. The van der Waals surface area contributed by atoms with Crippen LogP contribution in [0.2, 0.25) is 10.0 Å². The van der Waals surface area contributed by atoms with Crippen LogP contribution in [0.5, 0.6) is 0 Å². The number of nitrogens with zero attached hydrogens (tertiary/aromatic N) is 1. The van der Waals surface area contributed by atoms with Gasteiger partial charge in [-0.1, -0.05) is 41.4 Å². The van der Waals surface area contributed by atoms with Crippen LogP contribution in [-0.2, 0) is 0 Å². The highest BCUT2D eigenvalue weighted by Gasteiger charge is 2.41. The van der Waals surface area contributed by atoms with Crippen molar-refractivity contribution >= 4 is 23.2 Å². The molecule has 0 amide bonds. The summed E-state index contributed by atoms with van der Waals surface area (Å²) in [4.78, 5) is 0. The van der Waals surface area contributed by atoms with Gasteiger partial charge in [-0.25, -0.2) is 0 Å². The number of hydrogen-bond donors (Lipinski definition) is 0. The Balaban J connectivity index is 2.02. The second-order valence-corrected chi connectivity index (χ2v) is 5.96. The van der Waals surface area contributed by atoms with Crippen molar-refractivity contribution in [1.29, 1.82) is 5.26 Å². The lowest BCUT2D eigenvalue weighted by atomic mass is 9.61. The van der Waals surface area contributed by atoms with Crippen molar-refractivity contribution in [2.45, 2.75) is 18.8 Å². The van der Waals surface area contributed by atoms with E-state index in [1.165, 1.54) is 6.42 Å². The Bertz CT molecular complexity index is 544. The van der Waals surface area contributed by atoms with E-state index in [0.717, 1.165) is 12.0 Å². The molecule has 0 spiro atoms. The molecule has 2 bridgehead atoms. The first-order valence-corrected chi connectivity index (χ1v) is 6.99. The Morgan fingerprint density at radius 1 is 1.06 bits per heavy atom. The maximum absolute atomic E-state index is 9.43. The summed E-state index contributed by atoms with van der Waals surface area (Å²) in [5.41, 5.74) is 1.15. The van der Waals surface area contributed by atoms with Gasteiger partial charge in [-0.3, -0.25) is 0 Å². The maximum atomic E-state index is 9.43. The zero-order chi connectivity index (χ0) is 12.7. The van der Waals surface area contributed by atoms with Crippen molar-refractivity contribution in [1.82, 2.24) is 0 Å². The van der Waals surface area contributed by atoms with Crippen molar-refractivity contribution in [2.75, 3.05) is 0 Å². The minimum atomic E-state index is 0.0750. The number of allylic oxidation sites excluding steroid dienone is 2. The van der Waals surface area contributed by atoms with E-state index in [-0.39, 0.29) is 11.8 Å².